The van der Waals surface area contributed by atoms with Gasteiger partial charge in [-0.25, -0.2) is 9.50 Å². The largest absolute Gasteiger partial charge is 0.454 e. The number of carbonyl (C=O) groups is 1. The van der Waals surface area contributed by atoms with Crippen molar-refractivity contribution in [3.05, 3.63) is 54.0 Å². The van der Waals surface area contributed by atoms with E-state index in [9.17, 15) is 4.79 Å². The second kappa shape index (κ2) is 6.01. The van der Waals surface area contributed by atoms with E-state index in [0.29, 0.717) is 23.0 Å². The van der Waals surface area contributed by atoms with Gasteiger partial charge >= 0.3 is 0 Å². The van der Waals surface area contributed by atoms with Crippen molar-refractivity contribution < 1.29 is 14.3 Å². The maximum atomic E-state index is 12.8. The number of rotatable bonds is 2. The average Bonchev–Trinajstić information content (AvgIpc) is 3.35. The maximum absolute atomic E-state index is 12.8. The van der Waals surface area contributed by atoms with Crippen LogP contribution < -0.4 is 9.47 Å². The van der Waals surface area contributed by atoms with E-state index in [4.69, 9.17) is 9.47 Å². The van der Waals surface area contributed by atoms with Crippen molar-refractivity contribution in [1.82, 2.24) is 19.5 Å². The van der Waals surface area contributed by atoms with E-state index >= 15 is 0 Å². The van der Waals surface area contributed by atoms with Crippen LogP contribution in [-0.4, -0.2) is 45.3 Å². The normalized spacial score (nSPS) is 17.0. The fraction of sp³-hybridized carbons (Fsp3) is 0.316. The Labute approximate surface area is 150 Å². The summed E-state index contributed by atoms with van der Waals surface area (Å²) in [7, 11) is 0. The van der Waals surface area contributed by atoms with E-state index < -0.39 is 0 Å². The molecular weight excluding hydrogens is 332 g/mol. The Hall–Kier alpha value is -3.09. The van der Waals surface area contributed by atoms with E-state index in [1.165, 1.54) is 0 Å². The number of fused-ring (bicyclic) bond motifs is 2. The summed E-state index contributed by atoms with van der Waals surface area (Å²) in [5.74, 6) is 1.76. The third-order valence-corrected chi connectivity index (χ3v) is 5.14. The molecule has 1 saturated heterocycles. The molecule has 132 valence electrons. The molecule has 7 nitrogen and oxygen atoms in total. The Balaban J connectivity index is 1.31. The number of hydrogen-bond acceptors (Lipinski definition) is 5. The Morgan fingerprint density at radius 1 is 1.04 bits per heavy atom. The standard InChI is InChI=1S/C19H18N4O3/c24-19(14-1-2-16-17(11-14)26-12-25-16)22-9-5-13(6-10-22)15-3-7-20-18-4-8-21-23(15)18/h1-4,7-8,11,13H,5-6,9-10,12H2. The quantitative estimate of drug-likeness (QED) is 0.710. The molecule has 0 aliphatic carbocycles. The number of amides is 1. The lowest BCUT2D eigenvalue weighted by molar-refractivity contribution is 0.0711. The van der Waals surface area contributed by atoms with Crippen molar-refractivity contribution in [2.45, 2.75) is 18.8 Å². The first-order chi connectivity index (χ1) is 12.8. The summed E-state index contributed by atoms with van der Waals surface area (Å²) in [6.45, 7) is 1.66. The molecular formula is C19H18N4O3. The van der Waals surface area contributed by atoms with Crippen LogP contribution in [0.1, 0.15) is 34.8 Å². The van der Waals surface area contributed by atoms with Gasteiger partial charge in [0.1, 0.15) is 0 Å². The Morgan fingerprint density at radius 2 is 1.88 bits per heavy atom. The average molecular weight is 350 g/mol. The Bertz CT molecular complexity index is 976. The van der Waals surface area contributed by atoms with Gasteiger partial charge in [0.15, 0.2) is 17.1 Å². The van der Waals surface area contributed by atoms with Gasteiger partial charge in [-0.2, -0.15) is 5.10 Å². The topological polar surface area (TPSA) is 69.0 Å². The molecule has 3 aromatic rings. The van der Waals surface area contributed by atoms with E-state index in [-0.39, 0.29) is 12.7 Å². The second-order valence-electron chi connectivity index (χ2n) is 6.61. The molecule has 1 amide bonds. The van der Waals surface area contributed by atoms with Crippen molar-refractivity contribution in [1.29, 1.82) is 0 Å². The monoisotopic (exact) mass is 350 g/mol. The van der Waals surface area contributed by atoms with Gasteiger partial charge in [-0.3, -0.25) is 4.79 Å². The molecule has 1 fully saturated rings. The number of aromatic nitrogens is 3. The molecule has 1 aromatic carbocycles. The van der Waals surface area contributed by atoms with Crippen LogP contribution in [0.2, 0.25) is 0 Å². The number of hydrogen-bond donors (Lipinski definition) is 0. The van der Waals surface area contributed by atoms with Gasteiger partial charge in [0.25, 0.3) is 5.91 Å². The Kier molecular flexibility index (Phi) is 3.51. The predicted octanol–water partition coefficient (Wildman–Crippen LogP) is 2.48. The highest BCUT2D eigenvalue weighted by Gasteiger charge is 2.27. The fourth-order valence-corrected chi connectivity index (χ4v) is 3.75. The van der Waals surface area contributed by atoms with Crippen LogP contribution in [-0.2, 0) is 0 Å². The predicted molar refractivity (Wildman–Crippen MR) is 93.4 cm³/mol. The lowest BCUT2D eigenvalue weighted by atomic mass is 9.93. The van der Waals surface area contributed by atoms with E-state index in [0.717, 1.165) is 37.3 Å². The van der Waals surface area contributed by atoms with Crippen LogP contribution in [0, 0.1) is 0 Å². The zero-order valence-electron chi connectivity index (χ0n) is 14.2. The van der Waals surface area contributed by atoms with Crippen LogP contribution in [0.15, 0.2) is 42.7 Å². The van der Waals surface area contributed by atoms with Gasteiger partial charge < -0.3 is 14.4 Å². The van der Waals surface area contributed by atoms with E-state index in [1.807, 2.05) is 27.7 Å². The third kappa shape index (κ3) is 2.47. The minimum Gasteiger partial charge on any atom is -0.454 e. The summed E-state index contributed by atoms with van der Waals surface area (Å²) in [4.78, 5) is 19.0. The second-order valence-corrected chi connectivity index (χ2v) is 6.61. The Morgan fingerprint density at radius 3 is 2.77 bits per heavy atom. The molecule has 7 heteroatoms. The fourth-order valence-electron chi connectivity index (χ4n) is 3.75. The molecule has 0 spiro atoms. The highest BCUT2D eigenvalue weighted by atomic mass is 16.7. The van der Waals surface area contributed by atoms with Crippen LogP contribution in [0.3, 0.4) is 0 Å². The van der Waals surface area contributed by atoms with Gasteiger partial charge in [0.2, 0.25) is 6.79 Å². The summed E-state index contributed by atoms with van der Waals surface area (Å²) < 4.78 is 12.6. The first kappa shape index (κ1) is 15.2. The van der Waals surface area contributed by atoms with Crippen molar-refractivity contribution in [3.8, 4) is 11.5 Å². The number of nitrogens with zero attached hydrogens (tertiary/aromatic N) is 4. The number of carbonyl (C=O) groups excluding carboxylic acids is 1. The van der Waals surface area contributed by atoms with Crippen LogP contribution in [0.5, 0.6) is 11.5 Å². The number of ether oxygens (including phenoxy) is 2. The summed E-state index contributed by atoms with van der Waals surface area (Å²) in [6, 6.07) is 9.31. The third-order valence-electron chi connectivity index (χ3n) is 5.14. The van der Waals surface area contributed by atoms with Gasteiger partial charge in [-0.05, 0) is 37.1 Å². The molecule has 26 heavy (non-hydrogen) atoms. The molecule has 2 aliphatic heterocycles. The van der Waals surface area contributed by atoms with Crippen molar-refractivity contribution in [2.24, 2.45) is 0 Å². The number of likely N-dealkylation sites (tertiary alicyclic amines) is 1. The van der Waals surface area contributed by atoms with E-state index in [2.05, 4.69) is 10.1 Å². The number of piperidine rings is 1. The van der Waals surface area contributed by atoms with Crippen LogP contribution in [0.25, 0.3) is 5.65 Å². The van der Waals surface area contributed by atoms with Crippen molar-refractivity contribution in [3.63, 3.8) is 0 Å². The molecule has 2 aromatic heterocycles. The lowest BCUT2D eigenvalue weighted by Crippen LogP contribution is -2.38. The highest BCUT2D eigenvalue weighted by Crippen LogP contribution is 2.34. The minimum atomic E-state index is 0.0423. The molecule has 0 unspecified atom stereocenters. The minimum absolute atomic E-state index is 0.0423. The van der Waals surface area contributed by atoms with Crippen molar-refractivity contribution in [2.75, 3.05) is 19.9 Å². The lowest BCUT2D eigenvalue weighted by Gasteiger charge is -2.32. The molecule has 0 N–H and O–H groups in total. The van der Waals surface area contributed by atoms with Gasteiger partial charge in [0, 0.05) is 42.5 Å². The summed E-state index contributed by atoms with van der Waals surface area (Å²) in [5.41, 5.74) is 2.67. The summed E-state index contributed by atoms with van der Waals surface area (Å²) in [5, 5.41) is 4.38. The highest BCUT2D eigenvalue weighted by molar-refractivity contribution is 5.95. The maximum Gasteiger partial charge on any atom is 0.253 e. The molecule has 2 aliphatic rings. The summed E-state index contributed by atoms with van der Waals surface area (Å²) in [6.07, 6.45) is 5.42. The van der Waals surface area contributed by atoms with E-state index in [1.54, 1.807) is 24.4 Å². The van der Waals surface area contributed by atoms with Gasteiger partial charge in [0.05, 0.1) is 6.20 Å². The first-order valence-corrected chi connectivity index (χ1v) is 8.77. The van der Waals surface area contributed by atoms with Gasteiger partial charge in [-0.1, -0.05) is 0 Å². The molecule has 4 heterocycles. The molecule has 5 rings (SSSR count). The van der Waals surface area contributed by atoms with Crippen LogP contribution in [0.4, 0.5) is 0 Å². The molecule has 0 bridgehead atoms. The SMILES string of the molecule is O=C(c1ccc2c(c1)OCO2)N1CCC(c2ccnc3ccnn23)CC1. The molecule has 0 radical (unpaired) electrons. The molecule has 0 saturated carbocycles. The zero-order chi connectivity index (χ0) is 17.5. The van der Waals surface area contributed by atoms with Crippen LogP contribution >= 0.6 is 0 Å². The zero-order valence-corrected chi connectivity index (χ0v) is 14.2. The first-order valence-electron chi connectivity index (χ1n) is 8.77. The number of benzene rings is 1. The smallest absolute Gasteiger partial charge is 0.253 e. The van der Waals surface area contributed by atoms with Crippen molar-refractivity contribution >= 4 is 11.6 Å². The van der Waals surface area contributed by atoms with Gasteiger partial charge in [-0.15, -0.1) is 0 Å². The molecule has 0 atom stereocenters. The summed E-state index contributed by atoms with van der Waals surface area (Å²) >= 11 is 0.